The van der Waals surface area contributed by atoms with E-state index in [1.165, 1.54) is 19.1 Å². The first-order chi connectivity index (χ1) is 30.8. The number of amides is 1. The molecule has 1 aliphatic heterocycles. The Morgan fingerprint density at radius 3 is 2.09 bits per heavy atom. The van der Waals surface area contributed by atoms with Crippen LogP contribution in [0.25, 0.3) is 0 Å². The minimum Gasteiger partial charge on any atom is -0.481 e. The topological polar surface area (TPSA) is 271 Å². The molecule has 1 heterocycles. The third kappa shape index (κ3) is 9.39. The van der Waals surface area contributed by atoms with Gasteiger partial charge in [0.2, 0.25) is 6.10 Å². The number of benzene rings is 2. The number of carboxylic acid groups (broad SMARTS) is 1. The molecule has 1 saturated heterocycles. The lowest BCUT2D eigenvalue weighted by Gasteiger charge is -2.70. The van der Waals surface area contributed by atoms with E-state index in [2.05, 4.69) is 5.32 Å². The summed E-state index contributed by atoms with van der Waals surface area (Å²) >= 11 is 0. The Morgan fingerprint density at radius 2 is 1.53 bits per heavy atom. The van der Waals surface area contributed by atoms with Gasteiger partial charge < -0.3 is 59.3 Å². The van der Waals surface area contributed by atoms with E-state index in [0.29, 0.717) is 0 Å². The maximum atomic E-state index is 14.9. The van der Waals surface area contributed by atoms with Gasteiger partial charge in [-0.1, -0.05) is 76.2 Å². The molecule has 3 saturated carbocycles. The summed E-state index contributed by atoms with van der Waals surface area (Å²) in [6, 6.07) is 14.4. The number of hydrogen-bond donors (Lipinski definition) is 6. The number of hydrogen-bond acceptors (Lipinski definition) is 16. The van der Waals surface area contributed by atoms with Crippen molar-refractivity contribution in [1.29, 1.82) is 0 Å². The van der Waals surface area contributed by atoms with Gasteiger partial charge in [-0.05, 0) is 50.8 Å². The summed E-state index contributed by atoms with van der Waals surface area (Å²) in [6.45, 7) is 12.1. The predicted molar refractivity (Wildman–Crippen MR) is 230 cm³/mol. The van der Waals surface area contributed by atoms with Crippen molar-refractivity contribution in [2.24, 2.45) is 28.6 Å². The maximum absolute atomic E-state index is 14.9. The number of esters is 4. The van der Waals surface area contributed by atoms with Gasteiger partial charge >= 0.3 is 35.9 Å². The quantitative estimate of drug-likeness (QED) is 0.123. The Morgan fingerprint density at radius 1 is 0.909 bits per heavy atom. The third-order valence-corrected chi connectivity index (χ3v) is 14.4. The van der Waals surface area contributed by atoms with Gasteiger partial charge in [-0.15, -0.1) is 0 Å². The molecular weight excluding hydrogens is 863 g/mol. The molecule has 66 heavy (non-hydrogen) atoms. The lowest BCUT2D eigenvalue weighted by Crippen LogP contribution is -2.83. The van der Waals surface area contributed by atoms with Crippen LogP contribution in [0.3, 0.4) is 0 Å². The van der Waals surface area contributed by atoms with Crippen LogP contribution in [-0.4, -0.2) is 128 Å². The van der Waals surface area contributed by atoms with Crippen LogP contribution < -0.4 is 5.32 Å². The second-order valence-electron chi connectivity index (χ2n) is 20.0. The summed E-state index contributed by atoms with van der Waals surface area (Å²) in [7, 11) is 0. The van der Waals surface area contributed by atoms with Gasteiger partial charge in [0.15, 0.2) is 5.60 Å². The molecule has 1 unspecified atom stereocenters. The van der Waals surface area contributed by atoms with Crippen LogP contribution in [-0.2, 0) is 47.6 Å². The fraction of sp³-hybridized carbons (Fsp3) is 0.625. The van der Waals surface area contributed by atoms with Crippen molar-refractivity contribution in [2.75, 3.05) is 6.61 Å². The van der Waals surface area contributed by atoms with Gasteiger partial charge in [0.25, 0.3) is 0 Å². The fourth-order valence-corrected chi connectivity index (χ4v) is 11.1. The van der Waals surface area contributed by atoms with Gasteiger partial charge in [-0.3, -0.25) is 14.4 Å². The zero-order valence-corrected chi connectivity index (χ0v) is 38.5. The van der Waals surface area contributed by atoms with E-state index in [1.54, 1.807) is 90.1 Å². The summed E-state index contributed by atoms with van der Waals surface area (Å²) < 4.78 is 36.0. The summed E-state index contributed by atoms with van der Waals surface area (Å²) in [5, 5.41) is 62.6. The fourth-order valence-electron chi connectivity index (χ4n) is 11.1. The van der Waals surface area contributed by atoms with Crippen molar-refractivity contribution in [3.8, 4) is 0 Å². The Hall–Kier alpha value is -5.14. The number of carbonyl (C=O) groups excluding carboxylic acids is 5. The molecule has 0 aromatic heterocycles. The van der Waals surface area contributed by atoms with Crippen molar-refractivity contribution in [2.45, 2.75) is 153 Å². The Bertz CT molecular complexity index is 2130. The lowest BCUT2D eigenvalue weighted by molar-refractivity contribution is -0.379. The van der Waals surface area contributed by atoms with Gasteiger partial charge in [0, 0.05) is 49.4 Å². The SMILES string of the molecule is CC(=O)O[C@@]12CO[C@@H]1C[C@H](O)[C@@]1(C)[C@H](O)[C@H](O)C3[C@H](C)[C@@H](OC(=O)[C@H](OC(=O)CCCC(=O)O)[C@@H](NC(=O)OC(C)(C)C)c4ccccc4)C[C@@](O)([C@@H](OC(=O)c4ccccc4)[C@H]21)C3(C)C. The van der Waals surface area contributed by atoms with Crippen LogP contribution >= 0.6 is 0 Å². The number of fused-ring (bicyclic) bond motifs is 5. The number of rotatable bonds is 13. The zero-order chi connectivity index (χ0) is 48.7. The number of carbonyl (C=O) groups is 6. The van der Waals surface area contributed by atoms with Crippen LogP contribution in [0, 0.1) is 28.6 Å². The first-order valence-electron chi connectivity index (χ1n) is 22.3. The minimum absolute atomic E-state index is 0.0729. The second-order valence-corrected chi connectivity index (χ2v) is 20.0. The molecule has 3 aliphatic carbocycles. The van der Waals surface area contributed by atoms with Crippen LogP contribution in [0.15, 0.2) is 60.7 Å². The maximum Gasteiger partial charge on any atom is 0.408 e. The zero-order valence-electron chi connectivity index (χ0n) is 38.5. The average molecular weight is 926 g/mol. The molecule has 2 bridgehead atoms. The Balaban J connectivity index is 1.49. The average Bonchev–Trinajstić information content (AvgIpc) is 3.23. The first-order valence-corrected chi connectivity index (χ1v) is 22.3. The first kappa shape index (κ1) is 50.3. The number of aliphatic hydroxyl groups excluding tert-OH is 3. The highest BCUT2D eigenvalue weighted by Gasteiger charge is 2.79. The summed E-state index contributed by atoms with van der Waals surface area (Å²) in [4.78, 5) is 80.4. The Labute approximate surface area is 383 Å². The van der Waals surface area contributed by atoms with Gasteiger partial charge in [-0.2, -0.15) is 0 Å². The summed E-state index contributed by atoms with van der Waals surface area (Å²) in [5.74, 6) is -8.69. The number of ether oxygens (including phenoxy) is 6. The number of nitrogens with one attached hydrogen (secondary N) is 1. The predicted octanol–water partition coefficient (Wildman–Crippen LogP) is 3.79. The Kier molecular flexibility index (Phi) is 14.4. The lowest BCUT2D eigenvalue weighted by atomic mass is 9.42. The van der Waals surface area contributed by atoms with E-state index >= 15 is 0 Å². The molecule has 1 amide bonds. The molecule has 2 aromatic carbocycles. The van der Waals surface area contributed by atoms with E-state index < -0.39 is 143 Å². The van der Waals surface area contributed by atoms with E-state index in [0.717, 1.165) is 6.92 Å². The van der Waals surface area contributed by atoms with E-state index in [9.17, 15) is 54.3 Å². The molecule has 6 N–H and O–H groups in total. The molecule has 18 nitrogen and oxygen atoms in total. The smallest absolute Gasteiger partial charge is 0.408 e. The molecule has 0 radical (unpaired) electrons. The highest BCUT2D eigenvalue weighted by atomic mass is 16.6. The summed E-state index contributed by atoms with van der Waals surface area (Å²) in [6.07, 6.45) is -13.9. The largest absolute Gasteiger partial charge is 0.481 e. The standard InChI is InChI=1S/C48H63NO17/c1-25-29(62-42(58)37(63-33(54)21-15-20-32(52)53)35(27-16-11-9-12-17-27)49-43(59)66-44(3,4)5)23-48(60)40(64-41(57)28-18-13-10-14-19-28)38-46(8,39(56)36(55)34(25)45(48,6)7)30(51)22-31-47(38,24-61-31)65-26(2)50/h9-14,16-19,25,29-31,34-40,51,55-56,60H,15,20-24H2,1-8H3,(H,49,59)(H,52,53)/t25-,29+,30+,31-,34?,35+,36-,37-,38+,39-,40+,46-,47+,48-/m1/s1. The number of carboxylic acids is 1. The molecule has 18 heteroatoms. The van der Waals surface area contributed by atoms with Crippen LogP contribution in [0.1, 0.15) is 109 Å². The molecule has 4 aliphatic rings. The van der Waals surface area contributed by atoms with Crippen molar-refractivity contribution in [1.82, 2.24) is 5.32 Å². The molecule has 362 valence electrons. The monoisotopic (exact) mass is 925 g/mol. The van der Waals surface area contributed by atoms with E-state index in [-0.39, 0.29) is 37.0 Å². The van der Waals surface area contributed by atoms with Gasteiger partial charge in [-0.25, -0.2) is 14.4 Å². The van der Waals surface area contributed by atoms with Gasteiger partial charge in [0.05, 0.1) is 36.4 Å². The highest BCUT2D eigenvalue weighted by molar-refractivity contribution is 5.89. The molecule has 2 aromatic rings. The van der Waals surface area contributed by atoms with Gasteiger partial charge in [0.1, 0.15) is 35.6 Å². The van der Waals surface area contributed by atoms with Crippen LogP contribution in [0.5, 0.6) is 0 Å². The normalized spacial score (nSPS) is 34.2. The van der Waals surface area contributed by atoms with E-state index in [4.69, 9.17) is 28.4 Å². The van der Waals surface area contributed by atoms with Crippen LogP contribution in [0.4, 0.5) is 4.79 Å². The van der Waals surface area contributed by atoms with Crippen molar-refractivity contribution in [3.63, 3.8) is 0 Å². The number of alkyl carbamates (subject to hydrolysis) is 1. The molecule has 4 fully saturated rings. The second kappa shape index (κ2) is 18.9. The van der Waals surface area contributed by atoms with Crippen LogP contribution in [0.2, 0.25) is 0 Å². The number of aliphatic hydroxyl groups is 4. The minimum atomic E-state index is -2.35. The van der Waals surface area contributed by atoms with E-state index in [1.807, 2.05) is 0 Å². The highest BCUT2D eigenvalue weighted by Crippen LogP contribution is 2.66. The molecular formula is C48H63NO17. The third-order valence-electron chi connectivity index (χ3n) is 14.4. The van der Waals surface area contributed by atoms with Crippen molar-refractivity contribution < 1.29 is 82.7 Å². The van der Waals surface area contributed by atoms with Crippen molar-refractivity contribution >= 4 is 35.9 Å². The summed E-state index contributed by atoms with van der Waals surface area (Å²) in [5.41, 5.74) is -8.11. The number of aliphatic carboxylic acids is 1. The molecule has 6 rings (SSSR count). The van der Waals surface area contributed by atoms with Crippen molar-refractivity contribution in [3.05, 3.63) is 71.8 Å². The molecule has 0 spiro atoms. The molecule has 14 atom stereocenters.